The molecule has 0 fully saturated rings. The first-order valence-corrected chi connectivity index (χ1v) is 7.94. The first-order chi connectivity index (χ1) is 9.54. The zero-order valence-corrected chi connectivity index (χ0v) is 13.8. The van der Waals surface area contributed by atoms with Gasteiger partial charge in [-0.25, -0.2) is 4.98 Å². The summed E-state index contributed by atoms with van der Waals surface area (Å²) in [6, 6.07) is 11.0. The highest BCUT2D eigenvalue weighted by molar-refractivity contribution is 9.10. The number of rotatable bonds is 4. The number of carbonyl (C=O) groups is 1. The molecule has 0 spiro atoms. The van der Waals surface area contributed by atoms with E-state index in [2.05, 4.69) is 26.2 Å². The van der Waals surface area contributed by atoms with Crippen LogP contribution in [0.4, 0.5) is 5.69 Å². The second-order valence-electron chi connectivity index (χ2n) is 4.07. The van der Waals surface area contributed by atoms with E-state index in [1.54, 1.807) is 18.3 Å². The third kappa shape index (κ3) is 4.51. The number of benzene rings is 1. The van der Waals surface area contributed by atoms with Crippen LogP contribution in [-0.4, -0.2) is 16.1 Å². The van der Waals surface area contributed by atoms with Gasteiger partial charge in [-0.05, 0) is 43.3 Å². The number of hydrogen-bond acceptors (Lipinski definition) is 3. The van der Waals surface area contributed by atoms with Crippen LogP contribution in [0, 0.1) is 0 Å². The molecular formula is C14H12BrClN2OS. The first kappa shape index (κ1) is 15.4. The van der Waals surface area contributed by atoms with E-state index in [-0.39, 0.29) is 11.2 Å². The van der Waals surface area contributed by atoms with Crippen molar-refractivity contribution in [2.24, 2.45) is 0 Å². The minimum Gasteiger partial charge on any atom is -0.325 e. The number of thioether (sulfide) groups is 1. The fourth-order valence-electron chi connectivity index (χ4n) is 1.44. The lowest BCUT2D eigenvalue weighted by molar-refractivity contribution is -0.115. The Hall–Kier alpha value is -1.04. The van der Waals surface area contributed by atoms with E-state index in [4.69, 9.17) is 11.6 Å². The third-order valence-corrected chi connectivity index (χ3v) is 4.28. The molecule has 3 nitrogen and oxygen atoms in total. The Balaban J connectivity index is 1.94. The molecule has 1 atom stereocenters. The number of amides is 1. The molecule has 0 aliphatic heterocycles. The normalized spacial score (nSPS) is 11.9. The molecule has 0 aliphatic rings. The van der Waals surface area contributed by atoms with Crippen molar-refractivity contribution < 1.29 is 4.79 Å². The minimum atomic E-state index is -0.243. The molecule has 2 aromatic rings. The van der Waals surface area contributed by atoms with Gasteiger partial charge in [-0.1, -0.05) is 39.3 Å². The molecule has 0 bridgehead atoms. The van der Waals surface area contributed by atoms with Crippen molar-refractivity contribution >= 4 is 50.9 Å². The highest BCUT2D eigenvalue weighted by Crippen LogP contribution is 2.23. The van der Waals surface area contributed by atoms with Gasteiger partial charge in [0.1, 0.15) is 0 Å². The third-order valence-electron chi connectivity index (χ3n) is 2.48. The Bertz CT molecular complexity index is 589. The highest BCUT2D eigenvalue weighted by atomic mass is 79.9. The summed E-state index contributed by atoms with van der Waals surface area (Å²) in [6.45, 7) is 1.84. The van der Waals surface area contributed by atoms with Crippen LogP contribution in [0.3, 0.4) is 0 Å². The van der Waals surface area contributed by atoms with Crippen molar-refractivity contribution in [1.82, 2.24) is 4.98 Å². The summed E-state index contributed by atoms with van der Waals surface area (Å²) >= 11 is 10.5. The quantitative estimate of drug-likeness (QED) is 0.798. The largest absolute Gasteiger partial charge is 0.325 e. The van der Waals surface area contributed by atoms with Crippen LogP contribution in [0.1, 0.15) is 6.92 Å². The van der Waals surface area contributed by atoms with E-state index in [0.717, 1.165) is 15.2 Å². The molecule has 1 amide bonds. The summed E-state index contributed by atoms with van der Waals surface area (Å²) in [6.07, 6.45) is 1.57. The number of halogens is 2. The van der Waals surface area contributed by atoms with Crippen LogP contribution < -0.4 is 5.32 Å². The van der Waals surface area contributed by atoms with Gasteiger partial charge in [0.2, 0.25) is 5.91 Å². The van der Waals surface area contributed by atoms with Gasteiger partial charge in [-0.3, -0.25) is 4.79 Å². The predicted octanol–water partition coefficient (Wildman–Crippen LogP) is 4.62. The molecular weight excluding hydrogens is 360 g/mol. The fourth-order valence-corrected chi connectivity index (χ4v) is 2.61. The molecule has 1 aromatic heterocycles. The summed E-state index contributed by atoms with van der Waals surface area (Å²) in [7, 11) is 0. The molecule has 2 rings (SSSR count). The van der Waals surface area contributed by atoms with Crippen LogP contribution >= 0.6 is 39.3 Å². The van der Waals surface area contributed by atoms with E-state index < -0.39 is 0 Å². The van der Waals surface area contributed by atoms with Crippen molar-refractivity contribution in [3.05, 3.63) is 52.1 Å². The van der Waals surface area contributed by atoms with Gasteiger partial charge in [0.05, 0.1) is 15.3 Å². The number of nitrogens with one attached hydrogen (secondary N) is 1. The summed E-state index contributed by atoms with van der Waals surface area (Å²) in [5, 5.41) is 3.98. The lowest BCUT2D eigenvalue weighted by Gasteiger charge is -2.11. The molecule has 0 saturated carbocycles. The lowest BCUT2D eigenvalue weighted by Crippen LogP contribution is -2.22. The zero-order chi connectivity index (χ0) is 14.5. The van der Waals surface area contributed by atoms with Gasteiger partial charge in [0.15, 0.2) is 0 Å². The van der Waals surface area contributed by atoms with Crippen LogP contribution in [0.5, 0.6) is 0 Å². The summed E-state index contributed by atoms with van der Waals surface area (Å²) in [5.41, 5.74) is 0.773. The average molecular weight is 372 g/mol. The Morgan fingerprint density at radius 2 is 2.00 bits per heavy atom. The molecule has 20 heavy (non-hydrogen) atoms. The Morgan fingerprint density at radius 1 is 1.30 bits per heavy atom. The Morgan fingerprint density at radius 3 is 2.60 bits per heavy atom. The maximum Gasteiger partial charge on any atom is 0.237 e. The Kier molecular flexibility index (Phi) is 5.46. The number of anilines is 1. The second-order valence-corrected chi connectivity index (χ2v) is 6.78. The summed E-state index contributed by atoms with van der Waals surface area (Å²) in [4.78, 5) is 16.2. The van der Waals surface area contributed by atoms with Gasteiger partial charge in [0, 0.05) is 16.4 Å². The highest BCUT2D eigenvalue weighted by Gasteiger charge is 2.15. The summed E-state index contributed by atoms with van der Waals surface area (Å²) < 4.78 is 0.975. The van der Waals surface area contributed by atoms with Gasteiger partial charge >= 0.3 is 0 Å². The fraction of sp³-hybridized carbons (Fsp3) is 0.143. The maximum atomic E-state index is 12.1. The lowest BCUT2D eigenvalue weighted by atomic mass is 10.3. The smallest absolute Gasteiger partial charge is 0.237 e. The van der Waals surface area contributed by atoms with Crippen LogP contribution in [0.2, 0.25) is 5.02 Å². The Labute approximate surface area is 135 Å². The standard InChI is InChI=1S/C14H12BrClN2OS/c1-9(20-13-7-4-11(16)8-17-13)14(19)18-12-5-2-10(15)3-6-12/h2-9H,1H3,(H,18,19). The van der Waals surface area contributed by atoms with E-state index in [1.165, 1.54) is 11.8 Å². The number of aromatic nitrogens is 1. The van der Waals surface area contributed by atoms with Crippen molar-refractivity contribution in [3.8, 4) is 0 Å². The van der Waals surface area contributed by atoms with Gasteiger partial charge in [-0.2, -0.15) is 0 Å². The topological polar surface area (TPSA) is 42.0 Å². The van der Waals surface area contributed by atoms with Gasteiger partial charge < -0.3 is 5.32 Å². The van der Waals surface area contributed by atoms with Crippen molar-refractivity contribution in [1.29, 1.82) is 0 Å². The zero-order valence-electron chi connectivity index (χ0n) is 10.6. The van der Waals surface area contributed by atoms with Crippen molar-refractivity contribution in [3.63, 3.8) is 0 Å². The van der Waals surface area contributed by atoms with Gasteiger partial charge in [0.25, 0.3) is 0 Å². The monoisotopic (exact) mass is 370 g/mol. The molecule has 1 aromatic carbocycles. The van der Waals surface area contributed by atoms with Gasteiger partial charge in [-0.15, -0.1) is 0 Å². The number of nitrogens with zero attached hydrogens (tertiary/aromatic N) is 1. The molecule has 1 unspecified atom stereocenters. The number of pyridine rings is 1. The molecule has 1 heterocycles. The second kappa shape index (κ2) is 7.11. The van der Waals surface area contributed by atoms with E-state index in [1.807, 2.05) is 31.2 Å². The average Bonchev–Trinajstić information content (AvgIpc) is 2.44. The van der Waals surface area contributed by atoms with Crippen LogP contribution in [0.15, 0.2) is 52.1 Å². The van der Waals surface area contributed by atoms with Crippen LogP contribution in [-0.2, 0) is 4.79 Å². The number of hydrogen-bond donors (Lipinski definition) is 1. The molecule has 0 radical (unpaired) electrons. The predicted molar refractivity (Wildman–Crippen MR) is 87.3 cm³/mol. The molecule has 1 N–H and O–H groups in total. The number of carbonyl (C=O) groups excluding carboxylic acids is 1. The SMILES string of the molecule is CC(Sc1ccc(Cl)cn1)C(=O)Nc1ccc(Br)cc1. The van der Waals surface area contributed by atoms with Crippen molar-refractivity contribution in [2.75, 3.05) is 5.32 Å². The molecule has 104 valence electrons. The van der Waals surface area contributed by atoms with Crippen LogP contribution in [0.25, 0.3) is 0 Å². The molecule has 6 heteroatoms. The minimum absolute atomic E-state index is 0.0610. The van der Waals surface area contributed by atoms with E-state index in [0.29, 0.717) is 5.02 Å². The molecule has 0 saturated heterocycles. The van der Waals surface area contributed by atoms with E-state index in [9.17, 15) is 4.79 Å². The summed E-state index contributed by atoms with van der Waals surface area (Å²) in [5.74, 6) is -0.0610. The van der Waals surface area contributed by atoms with E-state index >= 15 is 0 Å². The van der Waals surface area contributed by atoms with Crippen molar-refractivity contribution in [2.45, 2.75) is 17.2 Å². The first-order valence-electron chi connectivity index (χ1n) is 5.89. The maximum absolute atomic E-state index is 12.1. The molecule has 0 aliphatic carbocycles.